The van der Waals surface area contributed by atoms with Crippen LogP contribution in [0.5, 0.6) is 0 Å². The lowest BCUT2D eigenvalue weighted by Gasteiger charge is -2.20. The Morgan fingerprint density at radius 3 is 2.84 bits per heavy atom. The number of aryl methyl sites for hydroxylation is 1. The van der Waals surface area contributed by atoms with Crippen molar-refractivity contribution < 1.29 is 19.8 Å². The van der Waals surface area contributed by atoms with E-state index in [-0.39, 0.29) is 30.2 Å². The summed E-state index contributed by atoms with van der Waals surface area (Å²) < 4.78 is 1.86. The summed E-state index contributed by atoms with van der Waals surface area (Å²) in [5.74, 6) is -0.436. The van der Waals surface area contributed by atoms with E-state index in [2.05, 4.69) is 15.3 Å². The van der Waals surface area contributed by atoms with Gasteiger partial charge in [-0.15, -0.1) is 0 Å². The molecule has 9 nitrogen and oxygen atoms in total. The van der Waals surface area contributed by atoms with E-state index < -0.39 is 12.2 Å². The van der Waals surface area contributed by atoms with E-state index in [0.29, 0.717) is 41.7 Å². The van der Waals surface area contributed by atoms with E-state index in [1.165, 1.54) is 6.33 Å². The van der Waals surface area contributed by atoms with Crippen LogP contribution >= 0.6 is 0 Å². The first kappa shape index (κ1) is 19.7. The number of carbonyl (C=O) groups excluding carboxylic acids is 2. The molecule has 1 aliphatic carbocycles. The molecule has 0 unspecified atom stereocenters. The van der Waals surface area contributed by atoms with Gasteiger partial charge in [0.2, 0.25) is 5.91 Å². The largest absolute Gasteiger partial charge is 0.390 e. The Kier molecular flexibility index (Phi) is 4.71. The van der Waals surface area contributed by atoms with Crippen LogP contribution in [0.1, 0.15) is 40.4 Å². The summed E-state index contributed by atoms with van der Waals surface area (Å²) in [6, 6.07) is 6.93. The van der Waals surface area contributed by atoms with Crippen molar-refractivity contribution in [2.24, 2.45) is 5.92 Å². The Labute approximate surface area is 177 Å². The number of nitrogens with one attached hydrogen (secondary N) is 1. The van der Waals surface area contributed by atoms with Crippen molar-refractivity contribution >= 4 is 28.7 Å². The maximum absolute atomic E-state index is 12.1. The number of aromatic nitrogens is 3. The van der Waals surface area contributed by atoms with Crippen LogP contribution in [0.3, 0.4) is 0 Å². The lowest BCUT2D eigenvalue weighted by atomic mass is 9.89. The molecule has 3 aromatic rings. The van der Waals surface area contributed by atoms with Crippen molar-refractivity contribution in [1.82, 2.24) is 19.9 Å². The Hall–Kier alpha value is -3.30. The number of hydrogen-bond donors (Lipinski definition) is 4. The van der Waals surface area contributed by atoms with Gasteiger partial charge in [0, 0.05) is 11.8 Å². The summed E-state index contributed by atoms with van der Waals surface area (Å²) in [4.78, 5) is 32.2. The molecule has 31 heavy (non-hydrogen) atoms. The van der Waals surface area contributed by atoms with Crippen molar-refractivity contribution in [3.05, 3.63) is 53.5 Å². The molecule has 2 aromatic heterocycles. The minimum Gasteiger partial charge on any atom is -0.390 e. The number of aliphatic hydroxyl groups is 2. The van der Waals surface area contributed by atoms with Gasteiger partial charge in [0.1, 0.15) is 23.9 Å². The third-order valence-electron chi connectivity index (χ3n) is 6.56. The highest BCUT2D eigenvalue weighted by atomic mass is 16.3. The number of aliphatic hydroxyl groups excluding tert-OH is 2. The molecule has 2 amide bonds. The van der Waals surface area contributed by atoms with Crippen molar-refractivity contribution in [2.45, 2.75) is 43.9 Å². The van der Waals surface area contributed by atoms with E-state index >= 15 is 0 Å². The van der Waals surface area contributed by atoms with Crippen molar-refractivity contribution in [3.63, 3.8) is 0 Å². The second-order valence-corrected chi connectivity index (χ2v) is 8.30. The molecule has 1 fully saturated rings. The number of amides is 2. The first-order chi connectivity index (χ1) is 14.9. The third-order valence-corrected chi connectivity index (χ3v) is 6.56. The van der Waals surface area contributed by atoms with Gasteiger partial charge in [-0.25, -0.2) is 9.97 Å². The molecule has 0 spiro atoms. The zero-order valence-corrected chi connectivity index (χ0v) is 16.7. The summed E-state index contributed by atoms with van der Waals surface area (Å²) in [6.07, 6.45) is 3.36. The molecule has 0 radical (unpaired) electrons. The second kappa shape index (κ2) is 7.44. The smallest absolute Gasteiger partial charge is 0.258 e. The molecule has 5 N–H and O–H groups in total. The summed E-state index contributed by atoms with van der Waals surface area (Å²) in [6.45, 7) is 0. The van der Waals surface area contributed by atoms with Crippen LogP contribution in [0.4, 0.5) is 5.82 Å². The molecule has 1 aliphatic heterocycles. The van der Waals surface area contributed by atoms with Gasteiger partial charge in [-0.2, -0.15) is 0 Å². The van der Waals surface area contributed by atoms with Gasteiger partial charge in [0.15, 0.2) is 0 Å². The van der Waals surface area contributed by atoms with Crippen molar-refractivity contribution in [1.29, 1.82) is 0 Å². The zero-order valence-electron chi connectivity index (χ0n) is 16.7. The van der Waals surface area contributed by atoms with Crippen molar-refractivity contribution in [3.8, 4) is 0 Å². The normalized spacial score (nSPS) is 25.6. The fraction of sp³-hybridized carbons (Fsp3) is 0.364. The van der Waals surface area contributed by atoms with E-state index in [9.17, 15) is 19.8 Å². The molecule has 3 heterocycles. The standard InChI is InChI=1S/C22H23N5O4/c23-20-14-6-7-27(21(14)25-10-24-20)16-8-12(18(29)19(16)30)5-4-11-2-1-3-13-15(11)9-17(28)26-22(13)31/h1-3,6-7,10,12,16,18-19,29-30H,4-5,8-9H2,(H2,23,24,25)(H,26,28,31)/t12-,16+,18+,19-/m0/s1. The zero-order chi connectivity index (χ0) is 21.7. The van der Waals surface area contributed by atoms with E-state index in [0.717, 1.165) is 11.1 Å². The minimum absolute atomic E-state index is 0.138. The van der Waals surface area contributed by atoms with Crippen LogP contribution in [-0.2, 0) is 17.6 Å². The molecule has 1 saturated carbocycles. The molecular weight excluding hydrogens is 398 g/mol. The Bertz CT molecular complexity index is 1190. The highest BCUT2D eigenvalue weighted by molar-refractivity contribution is 6.10. The van der Waals surface area contributed by atoms with E-state index in [1.54, 1.807) is 6.07 Å². The number of hydrogen-bond acceptors (Lipinski definition) is 7. The maximum Gasteiger partial charge on any atom is 0.258 e. The highest BCUT2D eigenvalue weighted by Crippen LogP contribution is 2.40. The van der Waals surface area contributed by atoms with Crippen LogP contribution in [0.15, 0.2) is 36.8 Å². The lowest BCUT2D eigenvalue weighted by molar-refractivity contribution is -0.119. The second-order valence-electron chi connectivity index (χ2n) is 8.30. The molecule has 0 bridgehead atoms. The molecule has 4 atom stereocenters. The molecule has 0 saturated heterocycles. The van der Waals surface area contributed by atoms with Gasteiger partial charge in [-0.1, -0.05) is 12.1 Å². The predicted octanol–water partition coefficient (Wildman–Crippen LogP) is 0.742. The van der Waals surface area contributed by atoms with Crippen molar-refractivity contribution in [2.75, 3.05) is 5.73 Å². The third kappa shape index (κ3) is 3.26. The minimum atomic E-state index is -0.936. The Morgan fingerprint density at radius 1 is 1.16 bits per heavy atom. The number of nitrogen functional groups attached to an aromatic ring is 1. The number of benzene rings is 1. The number of rotatable bonds is 4. The van der Waals surface area contributed by atoms with Crippen LogP contribution in [0, 0.1) is 5.92 Å². The molecule has 160 valence electrons. The quantitative estimate of drug-likeness (QED) is 0.455. The number of carbonyl (C=O) groups is 2. The number of nitrogens with two attached hydrogens (primary N) is 1. The topological polar surface area (TPSA) is 143 Å². The number of nitrogens with zero attached hydrogens (tertiary/aromatic N) is 3. The van der Waals surface area contributed by atoms with E-state index in [1.807, 2.05) is 29.0 Å². The predicted molar refractivity (Wildman–Crippen MR) is 112 cm³/mol. The molecule has 9 heteroatoms. The average Bonchev–Trinajstić information content (AvgIpc) is 3.29. The molecule has 1 aromatic carbocycles. The average molecular weight is 421 g/mol. The molecule has 2 aliphatic rings. The fourth-order valence-electron chi connectivity index (χ4n) is 4.95. The SMILES string of the molecule is Nc1ncnc2c1ccn2[C@@H]1C[C@H](CCc2cccc3c2CC(=O)NC3=O)[C@@H](O)[C@H]1O. The summed E-state index contributed by atoms with van der Waals surface area (Å²) in [5.41, 5.74) is 8.76. The van der Waals surface area contributed by atoms with Crippen LogP contribution in [-0.4, -0.2) is 48.8 Å². The Morgan fingerprint density at radius 2 is 2.00 bits per heavy atom. The van der Waals surface area contributed by atoms with Crippen LogP contribution in [0.2, 0.25) is 0 Å². The molecular formula is C22H23N5O4. The van der Waals surface area contributed by atoms with Gasteiger partial charge in [0.25, 0.3) is 5.91 Å². The van der Waals surface area contributed by atoms with Gasteiger partial charge in [-0.05, 0) is 48.4 Å². The van der Waals surface area contributed by atoms with E-state index in [4.69, 9.17) is 5.73 Å². The van der Waals surface area contributed by atoms with Crippen LogP contribution in [0.25, 0.3) is 11.0 Å². The van der Waals surface area contributed by atoms with Gasteiger partial charge >= 0.3 is 0 Å². The van der Waals surface area contributed by atoms with Gasteiger partial charge in [0.05, 0.1) is 24.0 Å². The monoisotopic (exact) mass is 421 g/mol. The highest BCUT2D eigenvalue weighted by Gasteiger charge is 2.42. The number of anilines is 1. The van der Waals surface area contributed by atoms with Gasteiger partial charge in [-0.3, -0.25) is 14.9 Å². The summed E-state index contributed by atoms with van der Waals surface area (Å²) in [5, 5.41) is 24.5. The number of fused-ring (bicyclic) bond motifs is 2. The fourth-order valence-corrected chi connectivity index (χ4v) is 4.95. The number of imide groups is 1. The first-order valence-electron chi connectivity index (χ1n) is 10.3. The lowest BCUT2D eigenvalue weighted by Crippen LogP contribution is -2.37. The van der Waals surface area contributed by atoms with Gasteiger partial charge < -0.3 is 20.5 Å². The first-order valence-corrected chi connectivity index (χ1v) is 10.3. The summed E-state index contributed by atoms with van der Waals surface area (Å²) >= 11 is 0. The molecule has 5 rings (SSSR count). The summed E-state index contributed by atoms with van der Waals surface area (Å²) in [7, 11) is 0. The maximum atomic E-state index is 12.1. The van der Waals surface area contributed by atoms with Crippen LogP contribution < -0.4 is 11.1 Å². The Balaban J connectivity index is 1.36.